The van der Waals surface area contributed by atoms with Gasteiger partial charge in [0.25, 0.3) is 0 Å². The summed E-state index contributed by atoms with van der Waals surface area (Å²) in [6.07, 6.45) is 0. The summed E-state index contributed by atoms with van der Waals surface area (Å²) in [6, 6.07) is 111. The average Bonchev–Trinajstić information content (AvgIpc) is 0.757. The summed E-state index contributed by atoms with van der Waals surface area (Å²) in [7, 11) is 0. The molecule has 0 N–H and O–H groups in total. The summed E-state index contributed by atoms with van der Waals surface area (Å²) < 4.78 is 14.3. The third kappa shape index (κ3) is 11.3. The predicted molar refractivity (Wildman–Crippen MR) is 378 cm³/mol. The molecule has 16 aromatic rings. The van der Waals surface area contributed by atoms with E-state index in [1.54, 1.807) is 0 Å². The van der Waals surface area contributed by atoms with Crippen molar-refractivity contribution in [3.63, 3.8) is 0 Å². The lowest BCUT2D eigenvalue weighted by atomic mass is 9.92. The van der Waals surface area contributed by atoms with Crippen LogP contribution in [0.4, 0.5) is 0 Å². The fraction of sp³-hybridized carbons (Fsp3) is 0. The molecule has 0 unspecified atom stereocenters. The zero-order chi connectivity index (χ0) is 62.7. The summed E-state index contributed by atoms with van der Waals surface area (Å²) >= 11 is 0. The number of ether oxygens (including phenoxy) is 2. The lowest BCUT2D eigenvalue weighted by molar-refractivity contribution is 0.477. The topological polar surface area (TPSA) is 120 Å². The predicted octanol–water partition coefficient (Wildman–Crippen LogP) is 21.6. The molecule has 0 fully saturated rings. The van der Waals surface area contributed by atoms with Gasteiger partial charge in [0, 0.05) is 44.5 Å². The largest absolute Gasteiger partial charge is 0.457 e. The third-order valence-electron chi connectivity index (χ3n) is 17.0. The Kier molecular flexibility index (Phi) is 14.8. The molecule has 14 aromatic carbocycles. The number of hydrogen-bond acceptors (Lipinski definition) is 9. The average molecular weight is 1200 g/mol. The van der Waals surface area contributed by atoms with Crippen molar-refractivity contribution in [2.45, 2.75) is 0 Å². The number of fused-ring (bicyclic) bond motifs is 6. The summed E-state index contributed by atoms with van der Waals surface area (Å²) in [5, 5.41) is 16.7. The quantitative estimate of drug-likeness (QED) is 0.0980. The zero-order valence-electron chi connectivity index (χ0n) is 50.5. The van der Waals surface area contributed by atoms with Gasteiger partial charge in [-0.3, -0.25) is 0 Å². The number of benzene rings is 14. The van der Waals surface area contributed by atoms with Gasteiger partial charge in [-0.05, 0) is 145 Å². The number of nitrogens with zero attached hydrogens (tertiary/aromatic N) is 7. The molecule has 94 heavy (non-hydrogen) atoms. The van der Waals surface area contributed by atoms with Crippen molar-refractivity contribution in [1.82, 2.24) is 29.9 Å². The second-order valence-electron chi connectivity index (χ2n) is 22.9. The van der Waals surface area contributed by atoms with Gasteiger partial charge in [0.15, 0.2) is 34.9 Å². The first-order chi connectivity index (χ1) is 46.5. The second-order valence-corrected chi connectivity index (χ2v) is 22.9. The van der Waals surface area contributed by atoms with Crippen LogP contribution in [-0.4, -0.2) is 29.9 Å². The Morgan fingerprint density at radius 3 is 0.830 bits per heavy atom. The number of nitriles is 1. The molecule has 16 rings (SSSR count). The van der Waals surface area contributed by atoms with Crippen LogP contribution in [0.1, 0.15) is 5.56 Å². The van der Waals surface area contributed by atoms with Gasteiger partial charge >= 0.3 is 0 Å². The monoisotopic (exact) mass is 1200 g/mol. The molecule has 0 amide bonds. The summed E-state index contributed by atoms with van der Waals surface area (Å²) in [5.74, 6) is 5.42. The van der Waals surface area contributed by atoms with Crippen molar-refractivity contribution < 1.29 is 9.47 Å². The van der Waals surface area contributed by atoms with Gasteiger partial charge in [-0.1, -0.05) is 243 Å². The van der Waals surface area contributed by atoms with Gasteiger partial charge in [-0.2, -0.15) is 5.26 Å². The van der Waals surface area contributed by atoms with E-state index in [1.807, 2.05) is 194 Å². The zero-order valence-corrected chi connectivity index (χ0v) is 50.5. The molecule has 2 aromatic heterocycles. The molecule has 0 bridgehead atoms. The van der Waals surface area contributed by atoms with Crippen LogP contribution in [0.3, 0.4) is 0 Å². The van der Waals surface area contributed by atoms with Crippen LogP contribution in [0, 0.1) is 11.3 Å². The van der Waals surface area contributed by atoms with Gasteiger partial charge in [0.2, 0.25) is 0 Å². The van der Waals surface area contributed by atoms with E-state index in [0.717, 1.165) is 61.2 Å². The van der Waals surface area contributed by atoms with Crippen LogP contribution in [-0.2, 0) is 0 Å². The fourth-order valence-corrected chi connectivity index (χ4v) is 12.2. The molecular formula is C85H53N7O2. The minimum atomic E-state index is 0.469. The highest BCUT2D eigenvalue weighted by molar-refractivity contribution is 6.25. The van der Waals surface area contributed by atoms with Crippen LogP contribution in [0.25, 0.3) is 145 Å². The van der Waals surface area contributed by atoms with E-state index in [0.29, 0.717) is 80.2 Å². The minimum absolute atomic E-state index is 0.469. The highest BCUT2D eigenvalue weighted by atomic mass is 16.5. The molecular weight excluding hydrogens is 1150 g/mol. The lowest BCUT2D eigenvalue weighted by Crippen LogP contribution is -2.01. The molecule has 440 valence electrons. The molecule has 0 saturated carbocycles. The third-order valence-corrected chi connectivity index (χ3v) is 17.0. The Morgan fingerprint density at radius 1 is 0.213 bits per heavy atom. The molecule has 0 atom stereocenters. The fourth-order valence-electron chi connectivity index (χ4n) is 12.2. The Bertz CT molecular complexity index is 5360. The normalized spacial score (nSPS) is 11.2. The van der Waals surface area contributed by atoms with Crippen LogP contribution >= 0.6 is 0 Å². The smallest absolute Gasteiger partial charge is 0.164 e. The van der Waals surface area contributed by atoms with Crippen molar-refractivity contribution in [1.29, 1.82) is 5.26 Å². The van der Waals surface area contributed by atoms with Gasteiger partial charge in [0.05, 0.1) is 11.6 Å². The van der Waals surface area contributed by atoms with E-state index < -0.39 is 0 Å². The van der Waals surface area contributed by atoms with E-state index in [9.17, 15) is 5.26 Å². The van der Waals surface area contributed by atoms with Crippen LogP contribution in [0.15, 0.2) is 322 Å². The standard InChI is InChI=1S/C85H53N7O2/c86-54-55-29-31-56(32-30-55)57-33-35-58(36-34-57)59-37-44-68(45-38-59)93-78-49-42-66(84-89-80(61-17-5-1-6-18-61)87-81(90-84)62-19-7-2-8-20-62)52-76(78)77-53-67(85-91-82(63-21-9-3-10-22-63)88-83(92-85)64-23-11-4-12-24-64)43-50-79(77)94-69-46-39-60(40-47-69)65-41-48-74-72-27-14-13-25-70(72)71-26-15-16-28-73(71)75(74)51-65/h1-53H. The molecule has 0 aliphatic heterocycles. The second kappa shape index (κ2) is 24.7. The van der Waals surface area contributed by atoms with E-state index in [1.165, 1.54) is 32.3 Å². The van der Waals surface area contributed by atoms with Crippen molar-refractivity contribution in [2.24, 2.45) is 0 Å². The van der Waals surface area contributed by atoms with Crippen LogP contribution < -0.4 is 9.47 Å². The van der Waals surface area contributed by atoms with Gasteiger partial charge in [-0.25, -0.2) is 29.9 Å². The van der Waals surface area contributed by atoms with Crippen LogP contribution in [0.2, 0.25) is 0 Å². The molecule has 9 heteroatoms. The highest BCUT2D eigenvalue weighted by Crippen LogP contribution is 2.45. The van der Waals surface area contributed by atoms with Crippen molar-refractivity contribution in [3.05, 3.63) is 327 Å². The first kappa shape index (κ1) is 56.2. The maximum atomic E-state index is 9.37. The van der Waals surface area contributed by atoms with Crippen molar-refractivity contribution in [2.75, 3.05) is 0 Å². The maximum Gasteiger partial charge on any atom is 0.164 e. The first-order valence-corrected chi connectivity index (χ1v) is 31.0. The molecule has 0 radical (unpaired) electrons. The van der Waals surface area contributed by atoms with E-state index >= 15 is 0 Å². The summed E-state index contributed by atoms with van der Waals surface area (Å²) in [5.41, 5.74) is 13.2. The summed E-state index contributed by atoms with van der Waals surface area (Å²) in [6.45, 7) is 0. The highest BCUT2D eigenvalue weighted by Gasteiger charge is 2.22. The lowest BCUT2D eigenvalue weighted by Gasteiger charge is -2.18. The maximum absolute atomic E-state index is 9.37. The Morgan fingerprint density at radius 2 is 0.479 bits per heavy atom. The number of hydrogen-bond donors (Lipinski definition) is 0. The van der Waals surface area contributed by atoms with E-state index in [4.69, 9.17) is 39.4 Å². The minimum Gasteiger partial charge on any atom is -0.457 e. The molecule has 0 spiro atoms. The molecule has 0 aliphatic rings. The van der Waals surface area contributed by atoms with Gasteiger partial charge < -0.3 is 9.47 Å². The number of rotatable bonds is 14. The molecule has 0 saturated heterocycles. The Balaban J connectivity index is 0.843. The molecule has 0 aliphatic carbocycles. The number of aromatic nitrogens is 6. The van der Waals surface area contributed by atoms with E-state index in [-0.39, 0.29) is 0 Å². The Hall–Kier alpha value is -13.0. The molecule has 2 heterocycles. The van der Waals surface area contributed by atoms with E-state index in [2.05, 4.69) is 133 Å². The van der Waals surface area contributed by atoms with Crippen molar-refractivity contribution in [3.8, 4) is 142 Å². The Labute approximate surface area is 542 Å². The first-order valence-electron chi connectivity index (χ1n) is 31.0. The summed E-state index contributed by atoms with van der Waals surface area (Å²) in [4.78, 5) is 30.9. The van der Waals surface area contributed by atoms with Crippen molar-refractivity contribution >= 4 is 32.3 Å². The molecule has 9 nitrogen and oxygen atoms in total. The van der Waals surface area contributed by atoms with Crippen LogP contribution in [0.5, 0.6) is 23.0 Å². The SMILES string of the molecule is N#Cc1ccc(-c2ccc(-c3ccc(Oc4ccc(-c5nc(-c6ccccc6)nc(-c6ccccc6)n5)cc4-c4cc(-c5nc(-c6ccccc6)nc(-c6ccccc6)n5)ccc4Oc4ccc(-c5ccc6c7ccccc7c7ccccc7c6c5)cc4)cc3)cc2)cc1. The van der Waals surface area contributed by atoms with Gasteiger partial charge in [-0.15, -0.1) is 0 Å². The van der Waals surface area contributed by atoms with Gasteiger partial charge in [0.1, 0.15) is 23.0 Å².